The van der Waals surface area contributed by atoms with Gasteiger partial charge < -0.3 is 4.74 Å². The number of rotatable bonds is 8. The highest BCUT2D eigenvalue weighted by Crippen LogP contribution is 2.48. The first kappa shape index (κ1) is 24.3. The van der Waals surface area contributed by atoms with Gasteiger partial charge in [0.15, 0.2) is 0 Å². The van der Waals surface area contributed by atoms with Gasteiger partial charge in [0.05, 0.1) is 22.3 Å². The topological polar surface area (TPSA) is 38.3 Å². The Morgan fingerprint density at radius 2 is 1.78 bits per heavy atom. The average molecular weight is 470 g/mol. The molecule has 3 nitrogen and oxygen atoms in total. The molecule has 154 valence electrons. The number of halogens is 4. The summed E-state index contributed by atoms with van der Waals surface area (Å²) >= 11 is 3.19. The standard InChI is InChI=1S/C19H27BrF3NO2S/c1-8-11-26-17(5,6)19(22,23)18(7,24-27(25)16(2,3)4)14-12-13(20)9-10-15(14)21/h8-10,12,24H,1,11H2,2-7H3. The maximum Gasteiger partial charge on any atom is 0.298 e. The number of ether oxygens (including phenoxy) is 1. The molecule has 0 aromatic heterocycles. The largest absolute Gasteiger partial charge is 0.365 e. The fourth-order valence-corrected chi connectivity index (χ4v) is 3.74. The van der Waals surface area contributed by atoms with E-state index in [1.807, 2.05) is 0 Å². The van der Waals surface area contributed by atoms with E-state index >= 15 is 8.78 Å². The van der Waals surface area contributed by atoms with Crippen LogP contribution in [0.1, 0.15) is 47.1 Å². The summed E-state index contributed by atoms with van der Waals surface area (Å²) in [5.74, 6) is -4.48. The minimum atomic E-state index is -3.65. The molecule has 8 heteroatoms. The van der Waals surface area contributed by atoms with Crippen LogP contribution < -0.4 is 4.72 Å². The van der Waals surface area contributed by atoms with Gasteiger partial charge in [-0.2, -0.15) is 0 Å². The third-order valence-electron chi connectivity index (χ3n) is 4.27. The lowest BCUT2D eigenvalue weighted by atomic mass is 9.78. The molecule has 0 heterocycles. The molecule has 0 saturated heterocycles. The van der Waals surface area contributed by atoms with Crippen LogP contribution in [-0.4, -0.2) is 27.1 Å². The van der Waals surface area contributed by atoms with Crippen molar-refractivity contribution in [3.63, 3.8) is 0 Å². The van der Waals surface area contributed by atoms with Crippen molar-refractivity contribution in [3.8, 4) is 0 Å². The van der Waals surface area contributed by atoms with Gasteiger partial charge in [-0.25, -0.2) is 22.1 Å². The van der Waals surface area contributed by atoms with Crippen molar-refractivity contribution in [3.05, 3.63) is 46.7 Å². The quantitative estimate of drug-likeness (QED) is 0.512. The Morgan fingerprint density at radius 3 is 2.26 bits per heavy atom. The highest BCUT2D eigenvalue weighted by atomic mass is 79.9. The van der Waals surface area contributed by atoms with Gasteiger partial charge in [0.25, 0.3) is 5.92 Å². The van der Waals surface area contributed by atoms with Gasteiger partial charge in [-0.05, 0) is 59.7 Å². The first-order chi connectivity index (χ1) is 12.1. The highest BCUT2D eigenvalue weighted by molar-refractivity contribution is 9.10. The van der Waals surface area contributed by atoms with Gasteiger partial charge in [-0.3, -0.25) is 0 Å². The molecule has 27 heavy (non-hydrogen) atoms. The Hall–Kier alpha value is -0.700. The predicted octanol–water partition coefficient (Wildman–Crippen LogP) is 5.47. The molecule has 0 bridgehead atoms. The van der Waals surface area contributed by atoms with Crippen LogP contribution in [0.4, 0.5) is 13.2 Å². The van der Waals surface area contributed by atoms with Crippen LogP contribution in [-0.2, 0) is 21.3 Å². The molecule has 1 rings (SSSR count). The minimum absolute atomic E-state index is 0.109. The Bertz CT molecular complexity index is 719. The highest BCUT2D eigenvalue weighted by Gasteiger charge is 2.63. The van der Waals surface area contributed by atoms with Gasteiger partial charge in [0, 0.05) is 10.0 Å². The zero-order chi connectivity index (χ0) is 21.3. The van der Waals surface area contributed by atoms with E-state index in [2.05, 4.69) is 27.2 Å². The first-order valence-electron chi connectivity index (χ1n) is 8.38. The van der Waals surface area contributed by atoms with Crippen LogP contribution in [0.15, 0.2) is 35.3 Å². The SMILES string of the molecule is C=CCOC(C)(C)C(F)(F)C(C)(NS(=O)C(C)(C)C)c1cc(Br)ccc1F. The van der Waals surface area contributed by atoms with Crippen molar-refractivity contribution in [2.24, 2.45) is 0 Å². The summed E-state index contributed by atoms with van der Waals surface area (Å²) in [7, 11) is -1.90. The summed E-state index contributed by atoms with van der Waals surface area (Å²) in [6, 6.07) is 3.77. The van der Waals surface area contributed by atoms with E-state index < -0.39 is 38.6 Å². The van der Waals surface area contributed by atoms with Crippen LogP contribution in [0.25, 0.3) is 0 Å². The number of alkyl halides is 2. The van der Waals surface area contributed by atoms with E-state index in [0.717, 1.165) is 13.0 Å². The van der Waals surface area contributed by atoms with Crippen molar-refractivity contribution in [2.45, 2.75) is 63.4 Å². The van der Waals surface area contributed by atoms with Gasteiger partial charge >= 0.3 is 0 Å². The number of hydrogen-bond acceptors (Lipinski definition) is 2. The molecule has 2 unspecified atom stereocenters. The molecule has 1 aromatic carbocycles. The second-order valence-corrected chi connectivity index (χ2v) is 10.8. The summed E-state index contributed by atoms with van der Waals surface area (Å²) < 4.78 is 66.3. The second-order valence-electron chi connectivity index (χ2n) is 7.92. The monoisotopic (exact) mass is 469 g/mol. The average Bonchev–Trinajstić information content (AvgIpc) is 2.53. The Kier molecular flexibility index (Phi) is 7.53. The molecular formula is C19H27BrF3NO2S. The van der Waals surface area contributed by atoms with Crippen LogP contribution in [0.2, 0.25) is 0 Å². The third kappa shape index (κ3) is 5.02. The van der Waals surface area contributed by atoms with Gasteiger partial charge in [-0.1, -0.05) is 22.0 Å². The lowest BCUT2D eigenvalue weighted by Gasteiger charge is -2.46. The smallest absolute Gasteiger partial charge is 0.298 e. The van der Waals surface area contributed by atoms with Crippen LogP contribution in [0.5, 0.6) is 0 Å². The summed E-state index contributed by atoms with van der Waals surface area (Å²) in [4.78, 5) is 0. The maximum absolute atomic E-state index is 15.8. The number of nitrogens with one attached hydrogen (secondary N) is 1. The number of hydrogen-bond donors (Lipinski definition) is 1. The molecule has 0 radical (unpaired) electrons. The zero-order valence-electron chi connectivity index (χ0n) is 16.5. The van der Waals surface area contributed by atoms with E-state index in [-0.39, 0.29) is 12.2 Å². The van der Waals surface area contributed by atoms with Gasteiger partial charge in [-0.15, -0.1) is 6.58 Å². The van der Waals surface area contributed by atoms with Crippen LogP contribution in [0.3, 0.4) is 0 Å². The Morgan fingerprint density at radius 1 is 1.22 bits per heavy atom. The molecule has 0 spiro atoms. The summed E-state index contributed by atoms with van der Waals surface area (Å²) in [5.41, 5.74) is -4.63. The lowest BCUT2D eigenvalue weighted by molar-refractivity contribution is -0.224. The molecule has 0 amide bonds. The minimum Gasteiger partial charge on any atom is -0.365 e. The molecular weight excluding hydrogens is 443 g/mol. The van der Waals surface area contributed by atoms with Crippen molar-refractivity contribution in [2.75, 3.05) is 6.61 Å². The Balaban J connectivity index is 3.65. The van der Waals surface area contributed by atoms with Crippen LogP contribution in [0, 0.1) is 5.82 Å². The van der Waals surface area contributed by atoms with E-state index in [0.29, 0.717) is 4.47 Å². The molecule has 0 aliphatic carbocycles. The van der Waals surface area contributed by atoms with Crippen molar-refractivity contribution in [1.82, 2.24) is 4.72 Å². The fourth-order valence-electron chi connectivity index (χ4n) is 2.47. The van der Waals surface area contributed by atoms with Crippen molar-refractivity contribution < 1.29 is 22.1 Å². The summed E-state index contributed by atoms with van der Waals surface area (Å²) in [6.45, 7) is 11.9. The second kappa shape index (κ2) is 8.35. The summed E-state index contributed by atoms with van der Waals surface area (Å²) in [5, 5.41) is 0. The molecule has 1 aromatic rings. The molecule has 0 aliphatic heterocycles. The summed E-state index contributed by atoms with van der Waals surface area (Å²) in [6.07, 6.45) is 1.36. The zero-order valence-corrected chi connectivity index (χ0v) is 18.9. The van der Waals surface area contributed by atoms with Gasteiger partial charge in [0.2, 0.25) is 0 Å². The van der Waals surface area contributed by atoms with Crippen molar-refractivity contribution >= 4 is 26.9 Å². The van der Waals surface area contributed by atoms with Crippen LogP contribution >= 0.6 is 15.9 Å². The van der Waals surface area contributed by atoms with E-state index in [4.69, 9.17) is 4.74 Å². The first-order valence-corrected chi connectivity index (χ1v) is 10.3. The fraction of sp³-hybridized carbons (Fsp3) is 0.579. The number of benzene rings is 1. The normalized spacial score (nSPS) is 16.7. The maximum atomic E-state index is 15.8. The molecule has 2 atom stereocenters. The third-order valence-corrected chi connectivity index (χ3v) is 6.47. The van der Waals surface area contributed by atoms with Crippen molar-refractivity contribution in [1.29, 1.82) is 0 Å². The predicted molar refractivity (Wildman–Crippen MR) is 108 cm³/mol. The van der Waals surface area contributed by atoms with E-state index in [1.165, 1.54) is 32.1 Å². The molecule has 0 saturated carbocycles. The molecule has 0 aliphatic rings. The van der Waals surface area contributed by atoms with E-state index in [1.54, 1.807) is 20.8 Å². The van der Waals surface area contributed by atoms with Gasteiger partial charge in [0.1, 0.15) is 17.0 Å². The molecule has 0 fully saturated rings. The Labute approximate surface area is 170 Å². The van der Waals surface area contributed by atoms with E-state index in [9.17, 15) is 8.60 Å². The molecule has 1 N–H and O–H groups in total. The lowest BCUT2D eigenvalue weighted by Crippen LogP contribution is -2.65.